The van der Waals surface area contributed by atoms with Crippen molar-refractivity contribution in [3.05, 3.63) is 32.7 Å². The Hall–Kier alpha value is -0.920. The lowest BCUT2D eigenvalue weighted by Gasteiger charge is -2.32. The Bertz CT molecular complexity index is 500. The van der Waals surface area contributed by atoms with Crippen LogP contribution < -0.4 is 0 Å². The Labute approximate surface area is 126 Å². The number of carboxylic acids is 1. The Morgan fingerprint density at radius 2 is 1.89 bits per heavy atom. The van der Waals surface area contributed by atoms with Gasteiger partial charge in [0.05, 0.1) is 13.2 Å². The van der Waals surface area contributed by atoms with Gasteiger partial charge >= 0.3 is 5.97 Å². The van der Waals surface area contributed by atoms with E-state index >= 15 is 0 Å². The van der Waals surface area contributed by atoms with E-state index < -0.39 is 12.0 Å². The molecule has 1 aromatic rings. The van der Waals surface area contributed by atoms with Gasteiger partial charge in [-0.05, 0) is 18.2 Å². The molecule has 5 nitrogen and oxygen atoms in total. The zero-order chi connectivity index (χ0) is 14.0. The van der Waals surface area contributed by atoms with Crippen molar-refractivity contribution in [2.45, 2.75) is 6.04 Å². The first-order chi connectivity index (χ1) is 8.99. The molecule has 102 valence electrons. The van der Waals surface area contributed by atoms with E-state index in [0.29, 0.717) is 12.2 Å². The number of carboxylic acid groups (broad SMARTS) is 1. The predicted molar refractivity (Wildman–Crippen MR) is 75.1 cm³/mol. The van der Waals surface area contributed by atoms with Gasteiger partial charge in [0.1, 0.15) is 0 Å². The van der Waals surface area contributed by atoms with Crippen molar-refractivity contribution in [1.29, 1.82) is 0 Å². The Morgan fingerprint density at radius 3 is 2.47 bits per heavy atom. The molecule has 0 radical (unpaired) electrons. The summed E-state index contributed by atoms with van der Waals surface area (Å²) in [6, 6.07) is 4.22. The smallest absolute Gasteiger partial charge is 0.328 e. The van der Waals surface area contributed by atoms with Crippen LogP contribution in [0.2, 0.25) is 0 Å². The molecule has 1 atom stereocenters. The van der Waals surface area contributed by atoms with E-state index in [-0.39, 0.29) is 19.1 Å². The molecule has 1 amide bonds. The molecule has 19 heavy (non-hydrogen) atoms. The summed E-state index contributed by atoms with van der Waals surface area (Å²) in [5.41, 5.74) is 0.439. The molecule has 1 aliphatic heterocycles. The predicted octanol–water partition coefficient (Wildman–Crippen LogP) is 2.14. The zero-order valence-corrected chi connectivity index (χ0v) is 13.0. The fraction of sp³-hybridized carbons (Fsp3) is 0.333. The van der Waals surface area contributed by atoms with Crippen molar-refractivity contribution in [3.63, 3.8) is 0 Å². The van der Waals surface area contributed by atoms with E-state index in [2.05, 4.69) is 31.9 Å². The van der Waals surface area contributed by atoms with Gasteiger partial charge in [0, 0.05) is 21.1 Å². The van der Waals surface area contributed by atoms with Crippen LogP contribution in [0.5, 0.6) is 0 Å². The number of aliphatic carboxylic acids is 1. The van der Waals surface area contributed by atoms with Crippen molar-refractivity contribution in [1.82, 2.24) is 4.90 Å². The fourth-order valence-electron chi connectivity index (χ4n) is 1.89. The van der Waals surface area contributed by atoms with Crippen LogP contribution in [0.1, 0.15) is 10.4 Å². The van der Waals surface area contributed by atoms with Gasteiger partial charge in [-0.3, -0.25) is 4.79 Å². The van der Waals surface area contributed by atoms with E-state index in [9.17, 15) is 9.59 Å². The average molecular weight is 393 g/mol. The Morgan fingerprint density at radius 1 is 1.26 bits per heavy atom. The van der Waals surface area contributed by atoms with Crippen molar-refractivity contribution >= 4 is 43.7 Å². The highest BCUT2D eigenvalue weighted by atomic mass is 79.9. The Balaban J connectivity index is 2.28. The van der Waals surface area contributed by atoms with Crippen LogP contribution in [0, 0.1) is 0 Å². The third-order valence-electron chi connectivity index (χ3n) is 2.78. The van der Waals surface area contributed by atoms with Crippen molar-refractivity contribution in [2.75, 3.05) is 19.8 Å². The summed E-state index contributed by atoms with van der Waals surface area (Å²) in [6.45, 7) is 0.654. The number of benzene rings is 1. The molecule has 0 saturated carbocycles. The minimum atomic E-state index is -1.05. The maximum absolute atomic E-state index is 12.4. The second-order valence-corrected chi connectivity index (χ2v) is 5.92. The number of hydrogen-bond donors (Lipinski definition) is 1. The maximum atomic E-state index is 12.4. The van der Waals surface area contributed by atoms with E-state index in [4.69, 9.17) is 9.84 Å². The molecule has 0 aliphatic carbocycles. The quantitative estimate of drug-likeness (QED) is 0.837. The number of halogens is 2. The summed E-state index contributed by atoms with van der Waals surface area (Å²) in [5, 5.41) is 9.12. The highest BCUT2D eigenvalue weighted by molar-refractivity contribution is 9.11. The molecular formula is C12H11Br2NO4. The number of carbonyl (C=O) groups excluding carboxylic acids is 1. The minimum Gasteiger partial charge on any atom is -0.480 e. The number of ether oxygens (including phenoxy) is 1. The highest BCUT2D eigenvalue weighted by Crippen LogP contribution is 2.22. The molecule has 1 N–H and O–H groups in total. The lowest BCUT2D eigenvalue weighted by molar-refractivity contribution is -0.147. The molecule has 0 bridgehead atoms. The summed E-state index contributed by atoms with van der Waals surface area (Å²) in [6.07, 6.45) is 0. The number of hydrogen-bond acceptors (Lipinski definition) is 3. The lowest BCUT2D eigenvalue weighted by Crippen LogP contribution is -2.52. The molecule has 2 rings (SSSR count). The molecule has 1 aliphatic rings. The first kappa shape index (κ1) is 14.5. The number of morpholine rings is 1. The maximum Gasteiger partial charge on any atom is 0.328 e. The van der Waals surface area contributed by atoms with Gasteiger partial charge in [-0.2, -0.15) is 0 Å². The van der Waals surface area contributed by atoms with Crippen molar-refractivity contribution in [2.24, 2.45) is 0 Å². The van der Waals surface area contributed by atoms with Crippen LogP contribution >= 0.6 is 31.9 Å². The summed E-state index contributed by atoms with van der Waals surface area (Å²) in [4.78, 5) is 24.9. The van der Waals surface area contributed by atoms with Crippen LogP contribution in [0.25, 0.3) is 0 Å². The third kappa shape index (κ3) is 3.34. The molecule has 0 aromatic heterocycles. The lowest BCUT2D eigenvalue weighted by atomic mass is 10.1. The number of carbonyl (C=O) groups is 2. The second-order valence-electron chi connectivity index (χ2n) is 4.09. The number of nitrogens with zero attached hydrogens (tertiary/aromatic N) is 1. The van der Waals surface area contributed by atoms with E-state index in [1.165, 1.54) is 4.90 Å². The summed E-state index contributed by atoms with van der Waals surface area (Å²) in [7, 11) is 0. The largest absolute Gasteiger partial charge is 0.480 e. The highest BCUT2D eigenvalue weighted by Gasteiger charge is 2.33. The molecule has 1 aromatic carbocycles. The standard InChI is InChI=1S/C12H11Br2NO4/c13-8-3-7(4-9(14)5-8)11(16)15-1-2-19-6-10(15)12(17)18/h3-5,10H,1-2,6H2,(H,17,18). The molecule has 0 spiro atoms. The van der Waals surface area contributed by atoms with Crippen LogP contribution in [0.4, 0.5) is 0 Å². The molecule has 7 heteroatoms. The number of amides is 1. The van der Waals surface area contributed by atoms with Crippen LogP contribution in [-0.2, 0) is 9.53 Å². The summed E-state index contributed by atoms with van der Waals surface area (Å²) < 4.78 is 6.62. The molecule has 1 saturated heterocycles. The topological polar surface area (TPSA) is 66.8 Å². The average Bonchev–Trinajstić information content (AvgIpc) is 2.36. The molecule has 1 heterocycles. The first-order valence-electron chi connectivity index (χ1n) is 5.56. The van der Waals surface area contributed by atoms with Crippen molar-refractivity contribution in [3.8, 4) is 0 Å². The SMILES string of the molecule is O=C(O)C1COCCN1C(=O)c1cc(Br)cc(Br)c1. The van der Waals surface area contributed by atoms with Gasteiger partial charge in [0.15, 0.2) is 6.04 Å². The van der Waals surface area contributed by atoms with Gasteiger partial charge in [-0.15, -0.1) is 0 Å². The monoisotopic (exact) mass is 391 g/mol. The Kier molecular flexibility index (Phi) is 4.59. The molecule has 1 unspecified atom stereocenters. The van der Waals surface area contributed by atoms with Gasteiger partial charge < -0.3 is 14.7 Å². The fourth-order valence-corrected chi connectivity index (χ4v) is 3.19. The van der Waals surface area contributed by atoms with Gasteiger partial charge in [0.2, 0.25) is 0 Å². The minimum absolute atomic E-state index is 0.0241. The zero-order valence-electron chi connectivity index (χ0n) is 9.81. The normalized spacial score (nSPS) is 19.3. The van der Waals surface area contributed by atoms with Gasteiger partial charge in [0.25, 0.3) is 5.91 Å². The van der Waals surface area contributed by atoms with Gasteiger partial charge in [-0.25, -0.2) is 4.79 Å². The van der Waals surface area contributed by atoms with E-state index in [1.54, 1.807) is 12.1 Å². The summed E-state index contributed by atoms with van der Waals surface area (Å²) in [5.74, 6) is -1.36. The number of rotatable bonds is 2. The van der Waals surface area contributed by atoms with E-state index in [1.807, 2.05) is 6.07 Å². The van der Waals surface area contributed by atoms with E-state index in [0.717, 1.165) is 8.95 Å². The summed E-state index contributed by atoms with van der Waals surface area (Å²) >= 11 is 6.62. The van der Waals surface area contributed by atoms with Crippen molar-refractivity contribution < 1.29 is 19.4 Å². The third-order valence-corrected chi connectivity index (χ3v) is 3.70. The first-order valence-corrected chi connectivity index (χ1v) is 7.15. The van der Waals surface area contributed by atoms with Gasteiger partial charge in [-0.1, -0.05) is 31.9 Å². The van der Waals surface area contributed by atoms with Crippen LogP contribution in [0.15, 0.2) is 27.1 Å². The second kappa shape index (κ2) is 6.02. The van der Waals surface area contributed by atoms with Crippen LogP contribution in [0.3, 0.4) is 0 Å². The molecular weight excluding hydrogens is 382 g/mol. The molecule has 1 fully saturated rings. The van der Waals surface area contributed by atoms with Crippen LogP contribution in [-0.4, -0.2) is 47.7 Å².